The van der Waals surface area contributed by atoms with Crippen LogP contribution in [0.5, 0.6) is 5.75 Å². The maximum absolute atomic E-state index is 13.1. The first-order valence-corrected chi connectivity index (χ1v) is 8.80. The van der Waals surface area contributed by atoms with E-state index in [4.69, 9.17) is 9.26 Å². The van der Waals surface area contributed by atoms with Crippen molar-refractivity contribution in [3.8, 4) is 11.4 Å². The van der Waals surface area contributed by atoms with E-state index in [9.17, 15) is 9.59 Å². The van der Waals surface area contributed by atoms with Gasteiger partial charge in [0, 0.05) is 23.7 Å². The van der Waals surface area contributed by atoms with Crippen LogP contribution in [0.3, 0.4) is 0 Å². The highest BCUT2D eigenvalue weighted by Gasteiger charge is 2.37. The molecule has 7 heteroatoms. The zero-order chi connectivity index (χ0) is 18.8. The van der Waals surface area contributed by atoms with Gasteiger partial charge in [0.1, 0.15) is 12.3 Å². The molecule has 4 rings (SSSR count). The van der Waals surface area contributed by atoms with Gasteiger partial charge >= 0.3 is 11.3 Å². The second-order valence-electron chi connectivity index (χ2n) is 6.49. The van der Waals surface area contributed by atoms with Gasteiger partial charge in [-0.1, -0.05) is 24.3 Å². The molecule has 0 saturated heterocycles. The van der Waals surface area contributed by atoms with Gasteiger partial charge in [-0.3, -0.25) is 9.32 Å². The number of aromatic amines is 1. The van der Waals surface area contributed by atoms with Crippen molar-refractivity contribution in [2.75, 3.05) is 7.11 Å². The maximum atomic E-state index is 13.1. The summed E-state index contributed by atoms with van der Waals surface area (Å²) in [6.07, 6.45) is 1.85. The van der Waals surface area contributed by atoms with E-state index < -0.39 is 5.63 Å². The number of rotatable bonds is 6. The number of carbonyl (C=O) groups is 1. The average Bonchev–Trinajstić information content (AvgIpc) is 3.49. The summed E-state index contributed by atoms with van der Waals surface area (Å²) in [4.78, 5) is 27.1. The number of benzene rings is 2. The number of H-pyrrole nitrogens is 1. The van der Waals surface area contributed by atoms with Crippen LogP contribution in [-0.2, 0) is 6.54 Å². The minimum absolute atomic E-state index is 0.127. The van der Waals surface area contributed by atoms with Crippen LogP contribution in [-0.4, -0.2) is 29.2 Å². The number of hydrogen-bond donors (Lipinski definition) is 1. The van der Waals surface area contributed by atoms with Gasteiger partial charge in [0.2, 0.25) is 5.69 Å². The van der Waals surface area contributed by atoms with Crippen LogP contribution in [0.4, 0.5) is 0 Å². The quantitative estimate of drug-likeness (QED) is 0.677. The molecule has 1 aliphatic rings. The molecule has 1 aliphatic carbocycles. The third-order valence-electron chi connectivity index (χ3n) is 4.63. The fourth-order valence-electron chi connectivity index (χ4n) is 3.05. The van der Waals surface area contributed by atoms with E-state index in [1.165, 1.54) is 0 Å². The van der Waals surface area contributed by atoms with Gasteiger partial charge in [0.05, 0.1) is 7.11 Å². The van der Waals surface area contributed by atoms with E-state index in [1.807, 2.05) is 30.3 Å². The summed E-state index contributed by atoms with van der Waals surface area (Å²) in [5.41, 5.74) is 1.20. The van der Waals surface area contributed by atoms with Gasteiger partial charge < -0.3 is 9.64 Å². The Morgan fingerprint density at radius 2 is 2.00 bits per heavy atom. The number of ether oxygens (including phenoxy) is 1. The van der Waals surface area contributed by atoms with Crippen LogP contribution in [0.2, 0.25) is 0 Å². The molecular weight excluding hydrogens is 346 g/mol. The number of para-hydroxylation sites is 1. The van der Waals surface area contributed by atoms with Gasteiger partial charge in [-0.15, -0.1) is 0 Å². The van der Waals surface area contributed by atoms with Gasteiger partial charge in [0.15, 0.2) is 0 Å². The summed E-state index contributed by atoms with van der Waals surface area (Å²) < 4.78 is 11.8. The molecule has 0 radical (unpaired) electrons. The Morgan fingerprint density at radius 1 is 1.22 bits per heavy atom. The predicted octanol–water partition coefficient (Wildman–Crippen LogP) is 2.06. The molecule has 0 unspecified atom stereocenters. The first-order valence-electron chi connectivity index (χ1n) is 8.80. The van der Waals surface area contributed by atoms with Gasteiger partial charge in [0.25, 0.3) is 5.91 Å². The molecule has 138 valence electrons. The third-order valence-corrected chi connectivity index (χ3v) is 4.63. The molecule has 0 bridgehead atoms. The lowest BCUT2D eigenvalue weighted by Gasteiger charge is -2.20. The minimum Gasteiger partial charge on any atom is -0.497 e. The largest absolute Gasteiger partial charge is 0.497 e. The SMILES string of the molecule is COc1cccc(C(=O)N(Cc2c(=O)o[nH][n+]2-c2ccccc2)C2CC2)c1. The molecule has 1 N–H and O–H groups in total. The van der Waals surface area contributed by atoms with Crippen molar-refractivity contribution in [3.05, 3.63) is 76.3 Å². The van der Waals surface area contributed by atoms with Crippen molar-refractivity contribution >= 4 is 5.91 Å². The molecule has 27 heavy (non-hydrogen) atoms. The molecule has 0 atom stereocenters. The van der Waals surface area contributed by atoms with Crippen molar-refractivity contribution in [1.82, 2.24) is 10.2 Å². The number of hydrogen-bond acceptors (Lipinski definition) is 4. The Bertz CT molecular complexity index is 1010. The number of nitrogens with zero attached hydrogens (tertiary/aromatic N) is 2. The molecule has 1 aromatic heterocycles. The molecule has 3 aromatic rings. The van der Waals surface area contributed by atoms with Crippen molar-refractivity contribution in [2.45, 2.75) is 25.4 Å². The Balaban J connectivity index is 1.66. The van der Waals surface area contributed by atoms with Gasteiger partial charge in [-0.05, 0) is 41.0 Å². The van der Waals surface area contributed by atoms with E-state index in [1.54, 1.807) is 41.0 Å². The highest BCUT2D eigenvalue weighted by Crippen LogP contribution is 2.29. The Labute approximate surface area is 155 Å². The second-order valence-corrected chi connectivity index (χ2v) is 6.49. The Kier molecular flexibility index (Phi) is 4.50. The molecule has 2 aromatic carbocycles. The van der Waals surface area contributed by atoms with Crippen molar-refractivity contribution in [2.24, 2.45) is 0 Å². The molecule has 7 nitrogen and oxygen atoms in total. The lowest BCUT2D eigenvalue weighted by molar-refractivity contribution is -0.678. The van der Waals surface area contributed by atoms with Crippen LogP contribution in [0.1, 0.15) is 28.9 Å². The number of methoxy groups -OCH3 is 1. The van der Waals surface area contributed by atoms with E-state index >= 15 is 0 Å². The summed E-state index contributed by atoms with van der Waals surface area (Å²) in [5.74, 6) is 0.494. The average molecular weight is 366 g/mol. The van der Waals surface area contributed by atoms with Crippen molar-refractivity contribution in [3.63, 3.8) is 0 Å². The lowest BCUT2D eigenvalue weighted by atomic mass is 10.1. The fraction of sp³-hybridized carbons (Fsp3) is 0.250. The van der Waals surface area contributed by atoms with Crippen molar-refractivity contribution < 1.29 is 18.7 Å². The van der Waals surface area contributed by atoms with E-state index in [-0.39, 0.29) is 18.5 Å². The van der Waals surface area contributed by atoms with E-state index in [0.29, 0.717) is 17.0 Å². The topological polar surface area (TPSA) is 79.4 Å². The first-order chi connectivity index (χ1) is 13.2. The molecule has 1 fully saturated rings. The third kappa shape index (κ3) is 3.48. The monoisotopic (exact) mass is 366 g/mol. The number of amides is 1. The van der Waals surface area contributed by atoms with E-state index in [0.717, 1.165) is 18.5 Å². The molecule has 0 aliphatic heterocycles. The first kappa shape index (κ1) is 17.1. The van der Waals surface area contributed by atoms with Crippen LogP contribution >= 0.6 is 0 Å². The summed E-state index contributed by atoms with van der Waals surface area (Å²) in [6, 6.07) is 16.5. The minimum atomic E-state index is -0.483. The zero-order valence-electron chi connectivity index (χ0n) is 14.9. The summed E-state index contributed by atoms with van der Waals surface area (Å²) in [6.45, 7) is 0.168. The van der Waals surface area contributed by atoms with Crippen LogP contribution in [0.15, 0.2) is 63.9 Å². The smallest absolute Gasteiger partial charge is 0.432 e. The zero-order valence-corrected chi connectivity index (χ0v) is 14.9. The number of carbonyl (C=O) groups excluding carboxylic acids is 1. The van der Waals surface area contributed by atoms with Crippen LogP contribution < -0.4 is 15.0 Å². The van der Waals surface area contributed by atoms with E-state index in [2.05, 4.69) is 5.27 Å². The highest BCUT2D eigenvalue weighted by molar-refractivity contribution is 5.95. The van der Waals surface area contributed by atoms with Crippen LogP contribution in [0, 0.1) is 0 Å². The van der Waals surface area contributed by atoms with Gasteiger partial charge in [-0.2, -0.15) is 0 Å². The second kappa shape index (κ2) is 7.11. The molecule has 1 saturated carbocycles. The van der Waals surface area contributed by atoms with Gasteiger partial charge in [-0.25, -0.2) is 4.79 Å². The molecule has 1 heterocycles. The normalized spacial score (nSPS) is 13.4. The number of aromatic nitrogens is 2. The lowest BCUT2D eigenvalue weighted by Crippen LogP contribution is -2.43. The maximum Gasteiger partial charge on any atom is 0.432 e. The van der Waals surface area contributed by atoms with Crippen molar-refractivity contribution in [1.29, 1.82) is 0 Å². The molecular formula is C20H20N3O4+. The summed E-state index contributed by atoms with van der Waals surface area (Å²) in [7, 11) is 1.57. The summed E-state index contributed by atoms with van der Waals surface area (Å²) >= 11 is 0. The highest BCUT2D eigenvalue weighted by atomic mass is 16.5. The molecule has 0 spiro atoms. The Hall–Kier alpha value is -3.35. The number of nitrogens with one attached hydrogen (secondary N) is 1. The Morgan fingerprint density at radius 3 is 2.70 bits per heavy atom. The predicted molar refractivity (Wildman–Crippen MR) is 96.8 cm³/mol. The standard InChI is InChI=1S/C20H19N3O4/c1-26-17-9-5-6-14(12-17)19(24)22(15-10-11-15)13-18-20(25)27-21-23(18)16-7-3-2-4-8-16/h2-9,12,15H,10-11,13H2,1H3/p+1. The van der Waals surface area contributed by atoms with Crippen LogP contribution in [0.25, 0.3) is 5.69 Å². The summed E-state index contributed by atoms with van der Waals surface area (Å²) in [5, 5.41) is 2.62. The molecule has 1 amide bonds. The fourth-order valence-corrected chi connectivity index (χ4v) is 3.05.